The van der Waals surface area contributed by atoms with Crippen molar-refractivity contribution in [3.05, 3.63) is 35.9 Å². The van der Waals surface area contributed by atoms with Crippen molar-refractivity contribution in [3.63, 3.8) is 0 Å². The Bertz CT molecular complexity index is 220. The van der Waals surface area contributed by atoms with Crippen molar-refractivity contribution in [2.45, 2.75) is 0 Å². The third-order valence-corrected chi connectivity index (χ3v) is 0.860. The minimum Gasteiger partial charge on any atom is -0.298 e. The number of hydrogen-bond donors (Lipinski definition) is 0. The lowest BCUT2D eigenvalue weighted by atomic mass is 10.2. The van der Waals surface area contributed by atoms with E-state index in [2.05, 4.69) is 0 Å². The van der Waals surface area contributed by atoms with Crippen LogP contribution >= 0.6 is 0 Å². The molecule has 0 atom stereocenters. The van der Waals surface area contributed by atoms with Crippen LogP contribution in [0.4, 0.5) is 0 Å². The minimum absolute atomic E-state index is 0.285. The van der Waals surface area contributed by atoms with E-state index in [1.54, 1.807) is 24.3 Å². The first-order chi connectivity index (χ1) is 4.34. The molecule has 1 rings (SSSR count). The molecule has 0 aromatic heterocycles. The van der Waals surface area contributed by atoms with Crippen molar-refractivity contribution < 1.29 is 6.17 Å². The number of rotatable bonds is 1. The van der Waals surface area contributed by atoms with Crippen LogP contribution in [0.5, 0.6) is 0 Å². The summed E-state index contributed by atoms with van der Waals surface area (Å²) in [4.78, 5) is 10.1. The number of carbonyl (C=O) groups excluding carboxylic acids is 1. The zero-order chi connectivity index (χ0) is 6.69. The lowest BCUT2D eigenvalue weighted by Crippen LogP contribution is -1.73. The predicted molar refractivity (Wildman–Crippen MR) is 31.8 cm³/mol. The van der Waals surface area contributed by atoms with E-state index in [4.69, 9.17) is 1.37 Å². The lowest BCUT2D eigenvalue weighted by Gasteiger charge is -1.81. The Morgan fingerprint density at radius 3 is 2.88 bits per heavy atom. The molecule has 0 N–H and O–H groups in total. The van der Waals surface area contributed by atoms with Crippen LogP contribution in [-0.2, 0) is 0 Å². The van der Waals surface area contributed by atoms with Crippen molar-refractivity contribution in [1.29, 1.82) is 0 Å². The van der Waals surface area contributed by atoms with Crippen LogP contribution in [0.15, 0.2) is 30.3 Å². The second kappa shape index (κ2) is 2.26. The van der Waals surface area contributed by atoms with Gasteiger partial charge in [-0.15, -0.1) is 0 Å². The molecule has 40 valence electrons. The second-order valence-corrected chi connectivity index (χ2v) is 1.44. The zero-order valence-electron chi connectivity index (χ0n) is 5.29. The summed E-state index contributed by atoms with van der Waals surface area (Å²) in [6.45, 7) is 0. The maximum atomic E-state index is 10.1. The highest BCUT2D eigenvalue weighted by Gasteiger charge is 1.79. The van der Waals surface area contributed by atoms with Crippen molar-refractivity contribution in [1.82, 2.24) is 0 Å². The van der Waals surface area contributed by atoms with Gasteiger partial charge in [-0.25, -0.2) is 0 Å². The summed E-state index contributed by atoms with van der Waals surface area (Å²) in [6.07, 6.45) is 0.683. The molecule has 0 aliphatic rings. The van der Waals surface area contributed by atoms with E-state index >= 15 is 0 Å². The van der Waals surface area contributed by atoms with Crippen LogP contribution < -0.4 is 0 Å². The van der Waals surface area contributed by atoms with E-state index in [-0.39, 0.29) is 6.04 Å². The SMILES string of the molecule is [3H]c1ccccc1C=O. The number of benzene rings is 1. The van der Waals surface area contributed by atoms with Crippen molar-refractivity contribution in [2.24, 2.45) is 0 Å². The molecule has 8 heavy (non-hydrogen) atoms. The molecule has 1 heteroatoms. The average molecular weight is 108 g/mol. The van der Waals surface area contributed by atoms with Gasteiger partial charge in [0.2, 0.25) is 0 Å². The van der Waals surface area contributed by atoms with Crippen molar-refractivity contribution in [2.75, 3.05) is 0 Å². The lowest BCUT2D eigenvalue weighted by molar-refractivity contribution is 0.112. The molecular formula is C7H6O. The third kappa shape index (κ3) is 0.936. The molecule has 0 aliphatic carbocycles. The average Bonchev–Trinajstić information content (AvgIpc) is 1.89. The van der Waals surface area contributed by atoms with Gasteiger partial charge in [0.15, 0.2) is 0 Å². The summed E-state index contributed by atoms with van der Waals surface area (Å²) < 4.78 is 7.14. The normalized spacial score (nSPS) is 10.2. The minimum atomic E-state index is 0.285. The quantitative estimate of drug-likeness (QED) is 0.498. The second-order valence-electron chi connectivity index (χ2n) is 1.44. The standard InChI is InChI=1S/C7H6O/c8-6-7-4-2-1-3-5-7/h1-6H/i4T. The van der Waals surface area contributed by atoms with Gasteiger partial charge in [-0.2, -0.15) is 0 Å². The van der Waals surface area contributed by atoms with E-state index in [1.165, 1.54) is 0 Å². The summed E-state index contributed by atoms with van der Waals surface area (Å²) in [5.74, 6) is 0. The predicted octanol–water partition coefficient (Wildman–Crippen LogP) is 1.50. The molecule has 0 radical (unpaired) electrons. The van der Waals surface area contributed by atoms with Crippen LogP contribution in [0, 0.1) is 0 Å². The van der Waals surface area contributed by atoms with Gasteiger partial charge in [0.1, 0.15) is 6.29 Å². The third-order valence-electron chi connectivity index (χ3n) is 0.860. The summed E-state index contributed by atoms with van der Waals surface area (Å²) in [5, 5.41) is 0. The van der Waals surface area contributed by atoms with Gasteiger partial charge in [0.25, 0.3) is 0 Å². The topological polar surface area (TPSA) is 17.1 Å². The van der Waals surface area contributed by atoms with Crippen LogP contribution in [0.3, 0.4) is 0 Å². The molecule has 1 aromatic rings. The first-order valence-electron chi connectivity index (χ1n) is 2.85. The summed E-state index contributed by atoms with van der Waals surface area (Å²) in [5.41, 5.74) is 0.442. The molecule has 0 heterocycles. The van der Waals surface area contributed by atoms with Gasteiger partial charge in [-0.3, -0.25) is 4.79 Å². The molecule has 0 fully saturated rings. The highest BCUT2D eigenvalue weighted by Crippen LogP contribution is 1.91. The number of carbonyl (C=O) groups is 1. The van der Waals surface area contributed by atoms with Gasteiger partial charge >= 0.3 is 0 Å². The highest BCUT2D eigenvalue weighted by molar-refractivity contribution is 5.74. The molecule has 0 spiro atoms. The van der Waals surface area contributed by atoms with E-state index in [1.807, 2.05) is 0 Å². The number of hydrogen-bond acceptors (Lipinski definition) is 1. The van der Waals surface area contributed by atoms with E-state index < -0.39 is 0 Å². The van der Waals surface area contributed by atoms with Gasteiger partial charge in [0, 0.05) is 5.56 Å². The van der Waals surface area contributed by atoms with Gasteiger partial charge in [-0.1, -0.05) is 30.3 Å². The van der Waals surface area contributed by atoms with E-state index in [9.17, 15) is 4.79 Å². The van der Waals surface area contributed by atoms with Crippen LogP contribution in [0.1, 0.15) is 11.7 Å². The van der Waals surface area contributed by atoms with E-state index in [0.29, 0.717) is 11.8 Å². The number of aldehydes is 1. The fourth-order valence-corrected chi connectivity index (χ4v) is 0.481. The molecule has 0 unspecified atom stereocenters. The van der Waals surface area contributed by atoms with Gasteiger partial charge in [-0.05, 0) is 0 Å². The molecule has 1 nitrogen and oxygen atoms in total. The molecule has 0 amide bonds. The fourth-order valence-electron chi connectivity index (χ4n) is 0.481. The molecule has 0 saturated carbocycles. The Labute approximate surface area is 49.4 Å². The molecule has 1 aromatic carbocycles. The summed E-state index contributed by atoms with van der Waals surface area (Å²) in [7, 11) is 0. The Morgan fingerprint density at radius 2 is 2.38 bits per heavy atom. The summed E-state index contributed by atoms with van der Waals surface area (Å²) in [6, 6.07) is 6.96. The van der Waals surface area contributed by atoms with Gasteiger partial charge in [0.05, 0.1) is 1.37 Å². The highest BCUT2D eigenvalue weighted by atomic mass is 16.1. The molecular weight excluding hydrogens is 100 g/mol. The van der Waals surface area contributed by atoms with Crippen LogP contribution in [0.2, 0.25) is 0 Å². The van der Waals surface area contributed by atoms with Crippen molar-refractivity contribution in [3.8, 4) is 0 Å². The maximum absolute atomic E-state index is 10.1. The largest absolute Gasteiger partial charge is 0.298 e. The molecule has 0 bridgehead atoms. The first-order valence-corrected chi connectivity index (χ1v) is 2.35. The van der Waals surface area contributed by atoms with Crippen molar-refractivity contribution >= 4 is 6.29 Å². The van der Waals surface area contributed by atoms with Crippen LogP contribution in [0.25, 0.3) is 0 Å². The fraction of sp³-hybridized carbons (Fsp3) is 0. The van der Waals surface area contributed by atoms with Gasteiger partial charge < -0.3 is 0 Å². The Hall–Kier alpha value is -1.11. The monoisotopic (exact) mass is 108 g/mol. The maximum Gasteiger partial charge on any atom is 0.150 e. The smallest absolute Gasteiger partial charge is 0.150 e. The Balaban J connectivity index is 3.15. The molecule has 0 aliphatic heterocycles. The van der Waals surface area contributed by atoms with E-state index in [0.717, 1.165) is 0 Å². The molecule has 0 saturated heterocycles. The Morgan fingerprint density at radius 1 is 1.50 bits per heavy atom. The first kappa shape index (κ1) is 3.84. The van der Waals surface area contributed by atoms with Crippen LogP contribution in [-0.4, -0.2) is 6.29 Å². The summed E-state index contributed by atoms with van der Waals surface area (Å²) >= 11 is 0. The Kier molecular flexibility index (Phi) is 1.09. The zero-order valence-corrected chi connectivity index (χ0v) is 4.29.